The largest absolute Gasteiger partial charge is 0.457 e. The second-order valence-corrected chi connectivity index (χ2v) is 9.18. The highest BCUT2D eigenvalue weighted by atomic mass is 79.9. The van der Waals surface area contributed by atoms with Gasteiger partial charge in [0.2, 0.25) is 0 Å². The lowest BCUT2D eigenvalue weighted by atomic mass is 10.1. The van der Waals surface area contributed by atoms with E-state index in [1.54, 1.807) is 23.1 Å². The smallest absolute Gasteiger partial charge is 0.263 e. The fourth-order valence-electron chi connectivity index (χ4n) is 3.70. The molecule has 1 amide bonds. The van der Waals surface area contributed by atoms with Crippen molar-refractivity contribution in [1.29, 1.82) is 0 Å². The van der Waals surface area contributed by atoms with Crippen LogP contribution in [0.1, 0.15) is 11.3 Å². The number of furan rings is 1. The number of anilines is 1. The summed E-state index contributed by atoms with van der Waals surface area (Å²) >= 11 is 15.7. The minimum absolute atomic E-state index is 0.126. The number of carbonyl (C=O) groups excluding carboxylic acids is 1. The molecule has 0 unspecified atom stereocenters. The van der Waals surface area contributed by atoms with Crippen molar-refractivity contribution < 1.29 is 9.21 Å². The maximum absolute atomic E-state index is 13.5. The Labute approximate surface area is 209 Å². The second kappa shape index (κ2) is 9.06. The molecular weight excluding hydrogens is 521 g/mol. The molecule has 1 aliphatic rings. The monoisotopic (exact) mass is 535 g/mol. The number of hydrogen-bond donors (Lipinski definition) is 0. The summed E-state index contributed by atoms with van der Waals surface area (Å²) < 4.78 is 6.89. The fraction of sp³-hybridized carbons (Fsp3) is 0. The molecule has 3 nitrogen and oxygen atoms in total. The van der Waals surface area contributed by atoms with Gasteiger partial charge in [0.25, 0.3) is 5.91 Å². The fourth-order valence-corrected chi connectivity index (χ4v) is 4.38. The summed E-state index contributed by atoms with van der Waals surface area (Å²) in [5.41, 5.74) is 3.88. The van der Waals surface area contributed by atoms with Crippen molar-refractivity contribution in [3.63, 3.8) is 0 Å². The standard InChI is InChI=1S/C27H16BrCl2NO2/c28-20-7-4-8-21(16-20)31-25(17-5-2-1-3-6-17)15-19(27(31)32)13-22-10-12-26(33-22)18-9-11-23(29)24(30)14-18/h1-16H/b19-13+. The van der Waals surface area contributed by atoms with E-state index in [0.29, 0.717) is 27.1 Å². The Hall–Kier alpha value is -3.05. The third kappa shape index (κ3) is 4.42. The van der Waals surface area contributed by atoms with Gasteiger partial charge in [-0.05, 0) is 66.2 Å². The summed E-state index contributed by atoms with van der Waals surface area (Å²) in [5, 5.41) is 0.939. The zero-order chi connectivity index (χ0) is 22.9. The maximum atomic E-state index is 13.5. The van der Waals surface area contributed by atoms with Crippen molar-refractivity contribution >= 4 is 62.5 Å². The topological polar surface area (TPSA) is 33.5 Å². The molecule has 6 heteroatoms. The van der Waals surface area contributed by atoms with Gasteiger partial charge >= 0.3 is 0 Å². The number of nitrogens with zero attached hydrogens (tertiary/aromatic N) is 1. The number of hydrogen-bond acceptors (Lipinski definition) is 2. The molecule has 4 aromatic rings. The van der Waals surface area contributed by atoms with Crippen LogP contribution in [0.3, 0.4) is 0 Å². The number of rotatable bonds is 4. The molecule has 5 rings (SSSR count). The Morgan fingerprint density at radius 2 is 1.64 bits per heavy atom. The van der Waals surface area contributed by atoms with Crippen LogP contribution in [0.25, 0.3) is 23.1 Å². The highest BCUT2D eigenvalue weighted by Crippen LogP contribution is 2.37. The van der Waals surface area contributed by atoms with Crippen molar-refractivity contribution in [1.82, 2.24) is 0 Å². The quantitative estimate of drug-likeness (QED) is 0.245. The summed E-state index contributed by atoms with van der Waals surface area (Å²) in [5.74, 6) is 1.08. The highest BCUT2D eigenvalue weighted by molar-refractivity contribution is 9.10. The summed E-state index contributed by atoms with van der Waals surface area (Å²) in [6.07, 6.45) is 3.64. The van der Waals surface area contributed by atoms with Crippen LogP contribution >= 0.6 is 39.1 Å². The van der Waals surface area contributed by atoms with E-state index >= 15 is 0 Å². The van der Waals surface area contributed by atoms with Gasteiger partial charge in [0, 0.05) is 15.6 Å². The first-order valence-corrected chi connectivity index (χ1v) is 11.7. The second-order valence-electron chi connectivity index (χ2n) is 7.45. The summed E-state index contributed by atoms with van der Waals surface area (Å²) in [7, 11) is 0. The van der Waals surface area contributed by atoms with E-state index < -0.39 is 0 Å². The summed E-state index contributed by atoms with van der Waals surface area (Å²) in [4.78, 5) is 15.2. The van der Waals surface area contributed by atoms with Gasteiger partial charge in [0.15, 0.2) is 0 Å². The molecule has 3 aromatic carbocycles. The average molecular weight is 537 g/mol. The van der Waals surface area contributed by atoms with Crippen molar-refractivity contribution in [2.75, 3.05) is 4.90 Å². The zero-order valence-corrected chi connectivity index (χ0v) is 20.2. The van der Waals surface area contributed by atoms with Crippen LogP contribution in [-0.4, -0.2) is 5.91 Å². The predicted octanol–water partition coefficient (Wildman–Crippen LogP) is 8.49. The highest BCUT2D eigenvalue weighted by Gasteiger charge is 2.30. The molecule has 1 aliphatic heterocycles. The predicted molar refractivity (Wildman–Crippen MR) is 138 cm³/mol. The van der Waals surface area contributed by atoms with Gasteiger partial charge in [-0.25, -0.2) is 0 Å². The van der Waals surface area contributed by atoms with Gasteiger partial charge < -0.3 is 4.42 Å². The molecule has 1 aromatic heterocycles. The maximum Gasteiger partial charge on any atom is 0.263 e. The lowest BCUT2D eigenvalue weighted by Gasteiger charge is -2.21. The van der Waals surface area contributed by atoms with E-state index in [1.165, 1.54) is 0 Å². The summed E-state index contributed by atoms with van der Waals surface area (Å²) in [6.45, 7) is 0. The van der Waals surface area contributed by atoms with Crippen molar-refractivity contribution in [2.45, 2.75) is 0 Å². The molecule has 0 fully saturated rings. The van der Waals surface area contributed by atoms with Crippen LogP contribution in [0.15, 0.2) is 105 Å². The molecule has 0 radical (unpaired) electrons. The Bertz CT molecular complexity index is 1420. The molecule has 0 spiro atoms. The molecule has 162 valence electrons. The first-order chi connectivity index (χ1) is 16.0. The van der Waals surface area contributed by atoms with E-state index in [4.69, 9.17) is 27.6 Å². The van der Waals surface area contributed by atoms with Crippen LogP contribution in [-0.2, 0) is 4.79 Å². The normalized spacial score (nSPS) is 14.8. The van der Waals surface area contributed by atoms with E-state index in [0.717, 1.165) is 27.0 Å². The first-order valence-electron chi connectivity index (χ1n) is 10.1. The van der Waals surface area contributed by atoms with Gasteiger partial charge in [-0.3, -0.25) is 9.69 Å². The van der Waals surface area contributed by atoms with Crippen LogP contribution in [0.5, 0.6) is 0 Å². The zero-order valence-electron chi connectivity index (χ0n) is 17.1. The van der Waals surface area contributed by atoms with E-state index in [2.05, 4.69) is 15.9 Å². The van der Waals surface area contributed by atoms with Gasteiger partial charge in [0.05, 0.1) is 21.4 Å². The Kier molecular flexibility index (Phi) is 5.98. The molecular formula is C27H16BrCl2NO2. The Morgan fingerprint density at radius 1 is 0.818 bits per heavy atom. The third-order valence-corrected chi connectivity index (χ3v) is 6.48. The van der Waals surface area contributed by atoms with Gasteiger partial charge in [-0.1, -0.05) is 75.5 Å². The van der Waals surface area contributed by atoms with Gasteiger partial charge in [-0.2, -0.15) is 0 Å². The van der Waals surface area contributed by atoms with Crippen molar-refractivity contribution in [3.8, 4) is 11.3 Å². The van der Waals surface area contributed by atoms with Crippen LogP contribution in [0.2, 0.25) is 10.0 Å². The van der Waals surface area contributed by atoms with E-state index in [1.807, 2.05) is 78.9 Å². The van der Waals surface area contributed by atoms with Crippen LogP contribution in [0.4, 0.5) is 5.69 Å². The number of halogens is 3. The summed E-state index contributed by atoms with van der Waals surface area (Å²) in [6, 6.07) is 26.5. The Morgan fingerprint density at radius 3 is 2.39 bits per heavy atom. The van der Waals surface area contributed by atoms with Crippen molar-refractivity contribution in [2.24, 2.45) is 0 Å². The molecule has 0 N–H and O–H groups in total. The van der Waals surface area contributed by atoms with Gasteiger partial charge in [-0.15, -0.1) is 0 Å². The molecule has 0 saturated carbocycles. The lowest BCUT2D eigenvalue weighted by Crippen LogP contribution is -2.24. The van der Waals surface area contributed by atoms with E-state index in [-0.39, 0.29) is 5.91 Å². The van der Waals surface area contributed by atoms with Crippen molar-refractivity contribution in [3.05, 3.63) is 122 Å². The molecule has 33 heavy (non-hydrogen) atoms. The number of carbonyl (C=O) groups is 1. The van der Waals surface area contributed by atoms with E-state index in [9.17, 15) is 4.79 Å². The molecule has 0 aliphatic carbocycles. The molecule has 2 heterocycles. The third-order valence-electron chi connectivity index (χ3n) is 5.25. The number of benzene rings is 3. The minimum atomic E-state index is -0.126. The molecule has 0 bridgehead atoms. The first kappa shape index (κ1) is 21.8. The Balaban J connectivity index is 1.54. The number of amides is 1. The van der Waals surface area contributed by atoms with Crippen LogP contribution < -0.4 is 4.90 Å². The minimum Gasteiger partial charge on any atom is -0.457 e. The van der Waals surface area contributed by atoms with Gasteiger partial charge in [0.1, 0.15) is 11.5 Å². The molecule has 0 atom stereocenters. The molecule has 0 saturated heterocycles. The SMILES string of the molecule is O=C1/C(=C/c2ccc(-c3ccc(Cl)c(Cl)c3)o2)C=C(c2ccccc2)N1c1cccc(Br)c1. The van der Waals surface area contributed by atoms with Crippen LogP contribution in [0, 0.1) is 0 Å². The average Bonchev–Trinajstić information content (AvgIpc) is 3.41. The lowest BCUT2D eigenvalue weighted by molar-refractivity contribution is -0.113.